The summed E-state index contributed by atoms with van der Waals surface area (Å²) in [4.78, 5) is 0. The predicted molar refractivity (Wildman–Crippen MR) is 68.9 cm³/mol. The van der Waals surface area contributed by atoms with Gasteiger partial charge in [-0.3, -0.25) is 0 Å². The van der Waals surface area contributed by atoms with Crippen LogP contribution < -0.4 is 4.74 Å². The fourth-order valence-electron chi connectivity index (χ4n) is 1.10. The number of halogens is 2. The molecule has 1 aromatic carbocycles. The Labute approximate surface area is 109 Å². The maximum atomic E-state index is 10.9. The SMILES string of the molecule is CS(=O)(=O)CCOc1ccc(Br)cc1CCl. The van der Waals surface area contributed by atoms with Crippen LogP contribution in [0.2, 0.25) is 0 Å². The molecule has 16 heavy (non-hydrogen) atoms. The quantitative estimate of drug-likeness (QED) is 0.781. The van der Waals surface area contributed by atoms with Gasteiger partial charge in [0, 0.05) is 16.3 Å². The van der Waals surface area contributed by atoms with Gasteiger partial charge in [0.2, 0.25) is 0 Å². The fourth-order valence-corrected chi connectivity index (χ4v) is 2.10. The summed E-state index contributed by atoms with van der Waals surface area (Å²) in [5.41, 5.74) is 0.838. The molecule has 1 rings (SSSR count). The molecule has 0 aromatic heterocycles. The summed E-state index contributed by atoms with van der Waals surface area (Å²) in [6.45, 7) is 0.143. The highest BCUT2D eigenvalue weighted by Crippen LogP contribution is 2.24. The van der Waals surface area contributed by atoms with Crippen molar-refractivity contribution in [1.82, 2.24) is 0 Å². The van der Waals surface area contributed by atoms with Gasteiger partial charge in [-0.1, -0.05) is 15.9 Å². The largest absolute Gasteiger partial charge is 0.492 e. The second-order valence-electron chi connectivity index (χ2n) is 3.36. The number of hydrogen-bond donors (Lipinski definition) is 0. The molecule has 0 bridgehead atoms. The van der Waals surface area contributed by atoms with Crippen molar-refractivity contribution in [2.75, 3.05) is 18.6 Å². The minimum absolute atomic E-state index is 0.00475. The third kappa shape index (κ3) is 4.72. The Balaban J connectivity index is 2.67. The standard InChI is InChI=1S/C10H12BrClO3S/c1-16(13,14)5-4-15-10-3-2-9(11)6-8(10)7-12/h2-3,6H,4-5,7H2,1H3. The lowest BCUT2D eigenvalue weighted by Gasteiger charge is -2.09. The molecule has 1 aromatic rings. The molecule has 0 aliphatic carbocycles. The van der Waals surface area contributed by atoms with E-state index in [-0.39, 0.29) is 12.4 Å². The normalized spacial score (nSPS) is 11.4. The maximum absolute atomic E-state index is 10.9. The Morgan fingerprint density at radius 2 is 2.12 bits per heavy atom. The van der Waals surface area contributed by atoms with Crippen molar-refractivity contribution in [3.8, 4) is 5.75 Å². The highest BCUT2D eigenvalue weighted by atomic mass is 79.9. The van der Waals surface area contributed by atoms with Crippen molar-refractivity contribution in [3.63, 3.8) is 0 Å². The molecule has 0 unspecified atom stereocenters. The molecule has 0 heterocycles. The van der Waals surface area contributed by atoms with E-state index < -0.39 is 9.84 Å². The van der Waals surface area contributed by atoms with Gasteiger partial charge in [-0.15, -0.1) is 11.6 Å². The highest BCUT2D eigenvalue weighted by molar-refractivity contribution is 9.10. The lowest BCUT2D eigenvalue weighted by molar-refractivity contribution is 0.338. The van der Waals surface area contributed by atoms with Crippen LogP contribution in [0.4, 0.5) is 0 Å². The summed E-state index contributed by atoms with van der Waals surface area (Å²) in [5, 5.41) is 0. The van der Waals surface area contributed by atoms with E-state index in [1.54, 1.807) is 6.07 Å². The van der Waals surface area contributed by atoms with E-state index in [0.717, 1.165) is 10.0 Å². The van der Waals surface area contributed by atoms with Crippen LogP contribution in [0.15, 0.2) is 22.7 Å². The van der Waals surface area contributed by atoms with E-state index >= 15 is 0 Å². The van der Waals surface area contributed by atoms with Crippen LogP contribution in [0.1, 0.15) is 5.56 Å². The molecule has 0 amide bonds. The van der Waals surface area contributed by atoms with Gasteiger partial charge >= 0.3 is 0 Å². The molecule has 0 radical (unpaired) electrons. The van der Waals surface area contributed by atoms with Crippen LogP contribution in [0, 0.1) is 0 Å². The molecular weight excluding hydrogens is 316 g/mol. The topological polar surface area (TPSA) is 43.4 Å². The summed E-state index contributed by atoms with van der Waals surface area (Å²) in [5.74, 6) is 0.958. The summed E-state index contributed by atoms with van der Waals surface area (Å²) >= 11 is 9.08. The molecule has 3 nitrogen and oxygen atoms in total. The van der Waals surface area contributed by atoms with E-state index in [9.17, 15) is 8.42 Å². The Morgan fingerprint density at radius 3 is 2.69 bits per heavy atom. The molecule has 0 N–H and O–H groups in total. The van der Waals surface area contributed by atoms with E-state index in [0.29, 0.717) is 11.6 Å². The number of alkyl halides is 1. The van der Waals surface area contributed by atoms with Crippen molar-refractivity contribution >= 4 is 37.4 Å². The molecule has 0 saturated heterocycles. The predicted octanol–water partition coefficient (Wildman–Crippen LogP) is 2.61. The van der Waals surface area contributed by atoms with Crippen molar-refractivity contribution in [2.45, 2.75) is 5.88 Å². The van der Waals surface area contributed by atoms with E-state index in [1.165, 1.54) is 6.26 Å². The second kappa shape index (κ2) is 5.89. The van der Waals surface area contributed by atoms with Gasteiger partial charge in [0.25, 0.3) is 0 Å². The minimum Gasteiger partial charge on any atom is -0.492 e. The minimum atomic E-state index is -2.99. The molecular formula is C10H12BrClO3S. The number of rotatable bonds is 5. The molecule has 0 spiro atoms. The first-order chi connectivity index (χ1) is 7.42. The average molecular weight is 328 g/mol. The molecule has 90 valence electrons. The van der Waals surface area contributed by atoms with Crippen LogP contribution in [-0.2, 0) is 15.7 Å². The van der Waals surface area contributed by atoms with Crippen LogP contribution in [0.5, 0.6) is 5.75 Å². The summed E-state index contributed by atoms with van der Waals surface area (Å²) in [7, 11) is -2.99. The van der Waals surface area contributed by atoms with Crippen LogP contribution in [0.3, 0.4) is 0 Å². The summed E-state index contributed by atoms with van der Waals surface area (Å²) < 4.78 is 28.1. The Morgan fingerprint density at radius 1 is 1.44 bits per heavy atom. The van der Waals surface area contributed by atoms with Crippen LogP contribution >= 0.6 is 27.5 Å². The lowest BCUT2D eigenvalue weighted by atomic mass is 10.2. The Bertz CT molecular complexity index is 459. The third-order valence-corrected chi connectivity index (χ3v) is 3.57. The first-order valence-corrected chi connectivity index (χ1v) is 7.96. The van der Waals surface area contributed by atoms with Gasteiger partial charge in [-0.25, -0.2) is 8.42 Å². The van der Waals surface area contributed by atoms with Crippen molar-refractivity contribution in [3.05, 3.63) is 28.2 Å². The smallest absolute Gasteiger partial charge is 0.150 e. The zero-order valence-electron chi connectivity index (χ0n) is 8.74. The number of benzene rings is 1. The van der Waals surface area contributed by atoms with Gasteiger partial charge in [0.1, 0.15) is 12.4 Å². The molecule has 0 saturated carbocycles. The van der Waals surface area contributed by atoms with Crippen molar-refractivity contribution in [1.29, 1.82) is 0 Å². The first kappa shape index (κ1) is 13.8. The molecule has 0 atom stereocenters. The van der Waals surface area contributed by atoms with Crippen molar-refractivity contribution < 1.29 is 13.2 Å². The zero-order chi connectivity index (χ0) is 12.2. The first-order valence-electron chi connectivity index (χ1n) is 4.57. The summed E-state index contributed by atoms with van der Waals surface area (Å²) in [6.07, 6.45) is 1.18. The molecule has 0 aliphatic heterocycles. The van der Waals surface area contributed by atoms with Crippen molar-refractivity contribution in [2.24, 2.45) is 0 Å². The molecule has 0 aliphatic rings. The average Bonchev–Trinajstić information content (AvgIpc) is 2.18. The van der Waals surface area contributed by atoms with E-state index in [4.69, 9.17) is 16.3 Å². The van der Waals surface area contributed by atoms with Gasteiger partial charge in [0.05, 0.1) is 11.6 Å². The number of sulfone groups is 1. The van der Waals surface area contributed by atoms with Crippen LogP contribution in [-0.4, -0.2) is 27.0 Å². The Hall–Kier alpha value is -0.260. The van der Waals surface area contributed by atoms with Gasteiger partial charge in [-0.05, 0) is 18.2 Å². The zero-order valence-corrected chi connectivity index (χ0v) is 11.9. The molecule has 0 fully saturated rings. The fraction of sp³-hybridized carbons (Fsp3) is 0.400. The van der Waals surface area contributed by atoms with Crippen LogP contribution in [0.25, 0.3) is 0 Å². The monoisotopic (exact) mass is 326 g/mol. The lowest BCUT2D eigenvalue weighted by Crippen LogP contribution is -2.12. The van der Waals surface area contributed by atoms with Gasteiger partial charge in [-0.2, -0.15) is 0 Å². The van der Waals surface area contributed by atoms with Gasteiger partial charge < -0.3 is 4.74 Å². The van der Waals surface area contributed by atoms with E-state index in [2.05, 4.69) is 15.9 Å². The number of hydrogen-bond acceptors (Lipinski definition) is 3. The number of ether oxygens (including phenoxy) is 1. The highest BCUT2D eigenvalue weighted by Gasteiger charge is 2.06. The summed E-state index contributed by atoms with van der Waals surface area (Å²) in [6, 6.07) is 5.44. The van der Waals surface area contributed by atoms with Gasteiger partial charge in [0.15, 0.2) is 9.84 Å². The molecule has 6 heteroatoms. The maximum Gasteiger partial charge on any atom is 0.150 e. The van der Waals surface area contributed by atoms with E-state index in [1.807, 2.05) is 12.1 Å². The second-order valence-corrected chi connectivity index (χ2v) is 6.81. The third-order valence-electron chi connectivity index (χ3n) is 1.88. The Kier molecular flexibility index (Phi) is 5.08.